The van der Waals surface area contributed by atoms with E-state index in [1.54, 1.807) is 0 Å². The number of hydrazone groups is 1. The molecule has 0 aliphatic rings. The molecule has 3 rings (SSSR count). The van der Waals surface area contributed by atoms with Crippen LogP contribution in [0.2, 0.25) is 0 Å². The standard InChI is InChI=1S/C22H21N2O4P/c1-27-21(25)23-24(22(26)28-2)29(18-12-6-3-7-13-18,19-14-8-4-9-15-19)20-16-10-5-11-17-20/h3-17H,1-2H3. The molecule has 0 heterocycles. The van der Waals surface area contributed by atoms with E-state index in [4.69, 9.17) is 9.47 Å². The molecule has 3 aromatic rings. The molecule has 0 bridgehead atoms. The highest BCUT2D eigenvalue weighted by Crippen LogP contribution is 2.59. The fourth-order valence-electron chi connectivity index (χ4n) is 3.14. The van der Waals surface area contributed by atoms with Gasteiger partial charge in [-0.3, -0.25) is 0 Å². The average molecular weight is 408 g/mol. The lowest BCUT2D eigenvalue weighted by Gasteiger charge is -2.32. The molecular weight excluding hydrogens is 387 g/mol. The van der Waals surface area contributed by atoms with Gasteiger partial charge in [-0.2, -0.15) is 0 Å². The molecule has 0 fully saturated rings. The Morgan fingerprint density at radius 1 is 0.759 bits per heavy atom. The molecule has 0 N–H and O–H groups in total. The van der Waals surface area contributed by atoms with E-state index in [0.717, 1.165) is 20.7 Å². The van der Waals surface area contributed by atoms with Crippen molar-refractivity contribution in [2.45, 2.75) is 0 Å². The zero-order chi connectivity index (χ0) is 20.7. The third-order valence-electron chi connectivity index (χ3n) is 4.36. The van der Waals surface area contributed by atoms with Crippen LogP contribution < -0.4 is 21.0 Å². The van der Waals surface area contributed by atoms with E-state index in [0.29, 0.717) is 0 Å². The van der Waals surface area contributed by atoms with Gasteiger partial charge in [0.1, 0.15) is 15.9 Å². The second-order valence-electron chi connectivity index (χ2n) is 5.97. The fraction of sp³-hybridized carbons (Fsp3) is 0.0909. The summed E-state index contributed by atoms with van der Waals surface area (Å²) in [5.41, 5.74) is 0. The predicted octanol–water partition coefficient (Wildman–Crippen LogP) is 2.24. The predicted molar refractivity (Wildman–Crippen MR) is 114 cm³/mol. The van der Waals surface area contributed by atoms with Gasteiger partial charge >= 0.3 is 6.09 Å². The van der Waals surface area contributed by atoms with Crippen molar-refractivity contribution in [2.75, 3.05) is 14.2 Å². The highest BCUT2D eigenvalue weighted by molar-refractivity contribution is 7.94. The summed E-state index contributed by atoms with van der Waals surface area (Å²) >= 11 is 0. The lowest BCUT2D eigenvalue weighted by atomic mass is 10.4. The first kappa shape index (κ1) is 20.4. The van der Waals surface area contributed by atoms with Crippen LogP contribution in [0, 0.1) is 0 Å². The molecule has 3 aromatic carbocycles. The molecule has 0 aliphatic heterocycles. The number of amides is 1. The van der Waals surface area contributed by atoms with Crippen LogP contribution in [-0.4, -0.2) is 31.2 Å². The number of methoxy groups -OCH3 is 2. The van der Waals surface area contributed by atoms with Crippen LogP contribution in [0.1, 0.15) is 0 Å². The monoisotopic (exact) mass is 408 g/mol. The van der Waals surface area contributed by atoms with Gasteiger partial charge < -0.3 is 14.6 Å². The Labute approximate surface area is 170 Å². The minimum Gasteiger partial charge on any atom is -0.602 e. The van der Waals surface area contributed by atoms with Gasteiger partial charge in [0, 0.05) is 0 Å². The Balaban J connectivity index is 2.46. The number of carbonyl (C=O) groups is 1. The maximum atomic E-state index is 13.0. The maximum Gasteiger partial charge on any atom is 0.464 e. The number of hydrogen-bond donors (Lipinski definition) is 0. The molecule has 0 spiro atoms. The Hall–Kier alpha value is -3.37. The topological polar surface area (TPSA) is 74.2 Å². The number of carbonyl (C=O) groups excluding carboxylic acids is 1. The second-order valence-corrected chi connectivity index (χ2v) is 9.17. The highest BCUT2D eigenvalue weighted by Gasteiger charge is 2.56. The van der Waals surface area contributed by atoms with Crippen molar-refractivity contribution in [3.05, 3.63) is 91.0 Å². The molecule has 7 heteroatoms. The molecule has 29 heavy (non-hydrogen) atoms. The number of ether oxygens (including phenoxy) is 2. The first-order valence-corrected chi connectivity index (χ1v) is 10.6. The quantitative estimate of drug-likeness (QED) is 0.281. The molecule has 0 aliphatic carbocycles. The van der Waals surface area contributed by atoms with E-state index in [9.17, 15) is 9.90 Å². The highest BCUT2D eigenvalue weighted by atomic mass is 31.2. The zero-order valence-corrected chi connectivity index (χ0v) is 17.0. The number of hydrogen-bond acceptors (Lipinski definition) is 5. The van der Waals surface area contributed by atoms with Gasteiger partial charge in [0.05, 0.1) is 7.11 Å². The summed E-state index contributed by atoms with van der Waals surface area (Å²) in [6, 6.07) is 28.6. The minimum absolute atomic E-state index is 0.750. The summed E-state index contributed by atoms with van der Waals surface area (Å²) < 4.78 is 10.9. The molecule has 0 atom stereocenters. The summed E-state index contributed by atoms with van der Waals surface area (Å²) in [5, 5.41) is 18.7. The van der Waals surface area contributed by atoms with Gasteiger partial charge in [-0.15, -0.1) is 5.10 Å². The molecule has 0 saturated heterocycles. The van der Waals surface area contributed by atoms with Crippen LogP contribution in [0.15, 0.2) is 96.1 Å². The van der Waals surface area contributed by atoms with Crippen LogP contribution >= 0.6 is 7.41 Å². The number of rotatable bonds is 5. The third-order valence-corrected chi connectivity index (χ3v) is 8.32. The fourth-order valence-corrected chi connectivity index (χ4v) is 7.03. The SMILES string of the molecule is COC(=O)N(/N=C(\[O-])OC)[P+](c1ccccc1)(c1ccccc1)c1ccccc1. The Bertz CT molecular complexity index is 869. The van der Waals surface area contributed by atoms with Crippen molar-refractivity contribution in [2.24, 2.45) is 5.10 Å². The van der Waals surface area contributed by atoms with Crippen LogP contribution in [0.3, 0.4) is 0 Å². The number of nitrogens with zero attached hydrogens (tertiary/aromatic N) is 2. The van der Waals surface area contributed by atoms with Gasteiger partial charge in [0.25, 0.3) is 0 Å². The van der Waals surface area contributed by atoms with Gasteiger partial charge in [0.2, 0.25) is 7.41 Å². The van der Waals surface area contributed by atoms with Gasteiger partial charge in [-0.1, -0.05) is 54.6 Å². The lowest BCUT2D eigenvalue weighted by Crippen LogP contribution is -2.45. The van der Waals surface area contributed by atoms with Crippen LogP contribution in [0.25, 0.3) is 0 Å². The lowest BCUT2D eigenvalue weighted by molar-refractivity contribution is -0.249. The van der Waals surface area contributed by atoms with Crippen LogP contribution in [-0.2, 0) is 9.47 Å². The molecule has 0 saturated carbocycles. The van der Waals surface area contributed by atoms with Crippen molar-refractivity contribution >= 4 is 35.5 Å². The molecule has 0 unspecified atom stereocenters. The van der Waals surface area contributed by atoms with Crippen molar-refractivity contribution in [1.29, 1.82) is 0 Å². The van der Waals surface area contributed by atoms with E-state index >= 15 is 0 Å². The third kappa shape index (κ3) is 3.93. The Morgan fingerprint density at radius 2 is 1.14 bits per heavy atom. The van der Waals surface area contributed by atoms with Crippen molar-refractivity contribution < 1.29 is 19.4 Å². The number of benzene rings is 3. The van der Waals surface area contributed by atoms with E-state index in [2.05, 4.69) is 5.10 Å². The summed E-state index contributed by atoms with van der Waals surface area (Å²) in [6.45, 7) is 0. The van der Waals surface area contributed by atoms with Crippen LogP contribution in [0.5, 0.6) is 0 Å². The summed E-state index contributed by atoms with van der Waals surface area (Å²) in [6.07, 6.45) is -1.64. The molecule has 148 valence electrons. The van der Waals surface area contributed by atoms with E-state index in [1.807, 2.05) is 91.0 Å². The molecule has 6 nitrogen and oxygen atoms in total. The van der Waals surface area contributed by atoms with Gasteiger partial charge in [-0.05, 0) is 48.3 Å². The van der Waals surface area contributed by atoms with E-state index < -0.39 is 19.6 Å². The van der Waals surface area contributed by atoms with Crippen LogP contribution in [0.4, 0.5) is 4.79 Å². The summed E-state index contributed by atoms with van der Waals surface area (Å²) in [5.74, 6) is 0. The van der Waals surface area contributed by atoms with Gasteiger partial charge in [0.15, 0.2) is 6.08 Å². The normalized spacial score (nSPS) is 11.6. The van der Waals surface area contributed by atoms with Crippen molar-refractivity contribution in [1.82, 2.24) is 4.78 Å². The summed E-state index contributed by atoms with van der Waals surface area (Å²) in [7, 11) is -0.433. The summed E-state index contributed by atoms with van der Waals surface area (Å²) in [4.78, 5) is 13.0. The van der Waals surface area contributed by atoms with E-state index in [1.165, 1.54) is 14.2 Å². The molecule has 1 amide bonds. The smallest absolute Gasteiger partial charge is 0.464 e. The largest absolute Gasteiger partial charge is 0.602 e. The molecular formula is C22H21N2O4P. The Kier molecular flexibility index (Phi) is 6.47. The van der Waals surface area contributed by atoms with Gasteiger partial charge in [-0.25, -0.2) is 4.79 Å². The maximum absolute atomic E-state index is 13.0. The second kappa shape index (κ2) is 9.22. The first-order valence-electron chi connectivity index (χ1n) is 8.88. The van der Waals surface area contributed by atoms with E-state index in [-0.39, 0.29) is 0 Å². The zero-order valence-electron chi connectivity index (χ0n) is 16.1. The van der Waals surface area contributed by atoms with Crippen molar-refractivity contribution in [3.8, 4) is 0 Å². The average Bonchev–Trinajstić information content (AvgIpc) is 2.80. The minimum atomic E-state index is -2.91. The van der Waals surface area contributed by atoms with Crippen molar-refractivity contribution in [3.63, 3.8) is 0 Å². The first-order chi connectivity index (χ1) is 14.1. The Morgan fingerprint density at radius 3 is 1.45 bits per heavy atom. The molecule has 0 aromatic heterocycles. The molecule has 0 radical (unpaired) electrons.